The second-order valence-corrected chi connectivity index (χ2v) is 13.5. The number of hydrogen-bond acceptors (Lipinski definition) is 6. The van der Waals surface area contributed by atoms with Crippen molar-refractivity contribution in [3.63, 3.8) is 0 Å². The third kappa shape index (κ3) is 8.87. The van der Waals surface area contributed by atoms with Crippen molar-refractivity contribution in [3.8, 4) is 17.9 Å². The Bertz CT molecular complexity index is 2030. The highest BCUT2D eigenvalue weighted by molar-refractivity contribution is 7.13. The average Bonchev–Trinajstić information content (AvgIpc) is 3.75. The molecular weight excluding hydrogens is 649 g/mol. The molecule has 3 aromatic carbocycles. The van der Waals surface area contributed by atoms with Gasteiger partial charge >= 0.3 is 0 Å². The zero-order valence-corrected chi connectivity index (χ0v) is 30.2. The highest BCUT2D eigenvalue weighted by Gasteiger charge is 2.43. The van der Waals surface area contributed by atoms with E-state index in [0.717, 1.165) is 71.0 Å². The summed E-state index contributed by atoms with van der Waals surface area (Å²) < 4.78 is 12.7. The lowest BCUT2D eigenvalue weighted by Crippen LogP contribution is -2.25. The summed E-state index contributed by atoms with van der Waals surface area (Å²) >= 11 is 1.62. The third-order valence-corrected chi connectivity index (χ3v) is 9.84. The van der Waals surface area contributed by atoms with Crippen molar-refractivity contribution in [2.75, 3.05) is 18.0 Å². The van der Waals surface area contributed by atoms with Crippen LogP contribution in [0.2, 0.25) is 0 Å². The fourth-order valence-electron chi connectivity index (χ4n) is 5.94. The van der Waals surface area contributed by atoms with Crippen LogP contribution in [0.3, 0.4) is 0 Å². The molecule has 0 spiro atoms. The van der Waals surface area contributed by atoms with Crippen molar-refractivity contribution in [2.24, 2.45) is 0 Å². The van der Waals surface area contributed by atoms with Crippen LogP contribution in [0, 0.1) is 29.2 Å². The minimum atomic E-state index is -1.04. The standard InChI is InChI=1S/C44H42N4O2S/c1-5-7-27-48(28-8-6-2)37-21-19-34(41(29-37)49-32-33-15-11-9-12-16-33)20-22-38-23-24-39(51-38)25-26-40-42(47-4)43(35(30-45)31-46)50-44(40,3)36-17-13-10-14-18-36/h9-26,29H,5-8,27-28,32H2,1-3H3/b22-20+,26-25+. The first kappa shape index (κ1) is 36.5. The SMILES string of the molecule is [C-]#[N+]C1=C(/C=C/c2ccc(/C=C/c3ccc(N(CCCC)CCCC)cc3OCc3ccccc3)s2)C(C)(c2ccccc2)OC1=C(C#N)C#N. The highest BCUT2D eigenvalue weighted by atomic mass is 32.1. The van der Waals surface area contributed by atoms with E-state index >= 15 is 0 Å². The van der Waals surface area contributed by atoms with Gasteiger partial charge in [-0.25, -0.2) is 4.85 Å². The summed E-state index contributed by atoms with van der Waals surface area (Å²) in [5.41, 5.74) is 3.63. The summed E-state index contributed by atoms with van der Waals surface area (Å²) in [5.74, 6) is 0.867. The number of nitrogens with zero attached hydrogens (tertiary/aromatic N) is 4. The lowest BCUT2D eigenvalue weighted by Gasteiger charge is -2.28. The summed E-state index contributed by atoms with van der Waals surface area (Å²) in [5, 5.41) is 19.2. The van der Waals surface area contributed by atoms with Crippen molar-refractivity contribution in [1.29, 1.82) is 10.5 Å². The molecule has 0 saturated heterocycles. The molecule has 4 aromatic rings. The number of thiophene rings is 1. The quantitative estimate of drug-likeness (QED) is 0.0917. The first-order valence-electron chi connectivity index (χ1n) is 17.4. The number of anilines is 1. The maximum atomic E-state index is 9.60. The van der Waals surface area contributed by atoms with E-state index in [2.05, 4.69) is 72.1 Å². The van der Waals surface area contributed by atoms with Crippen molar-refractivity contribution in [3.05, 3.63) is 158 Å². The van der Waals surface area contributed by atoms with Crippen LogP contribution in [0.1, 0.15) is 72.9 Å². The van der Waals surface area contributed by atoms with Gasteiger partial charge in [0.1, 0.15) is 30.1 Å². The number of hydrogen-bond donors (Lipinski definition) is 0. The molecule has 256 valence electrons. The van der Waals surface area contributed by atoms with Crippen LogP contribution in [-0.4, -0.2) is 13.1 Å². The van der Waals surface area contributed by atoms with E-state index in [1.165, 1.54) is 5.69 Å². The Hall–Kier alpha value is -5.81. The van der Waals surface area contributed by atoms with E-state index in [9.17, 15) is 10.5 Å². The molecule has 0 amide bonds. The molecule has 51 heavy (non-hydrogen) atoms. The van der Waals surface area contributed by atoms with Crippen LogP contribution in [0.15, 0.2) is 120 Å². The fraction of sp³-hybridized carbons (Fsp3) is 0.250. The zero-order chi connectivity index (χ0) is 36.1. The Labute approximate surface area is 306 Å². The second kappa shape index (κ2) is 17.7. The molecule has 0 aliphatic carbocycles. The number of allylic oxidation sites excluding steroid dienone is 1. The minimum Gasteiger partial charge on any atom is -0.488 e. The fourth-order valence-corrected chi connectivity index (χ4v) is 6.76. The lowest BCUT2D eigenvalue weighted by atomic mass is 9.87. The number of ether oxygens (including phenoxy) is 2. The zero-order valence-electron chi connectivity index (χ0n) is 29.4. The van der Waals surface area contributed by atoms with Crippen LogP contribution in [0.4, 0.5) is 5.69 Å². The lowest BCUT2D eigenvalue weighted by molar-refractivity contribution is 0.0755. The number of unbranched alkanes of at least 4 members (excludes halogenated alkanes) is 2. The number of nitriles is 2. The average molecular weight is 691 g/mol. The smallest absolute Gasteiger partial charge is 0.237 e. The summed E-state index contributed by atoms with van der Waals surface area (Å²) in [7, 11) is 0. The minimum absolute atomic E-state index is 0.0194. The van der Waals surface area contributed by atoms with Crippen LogP contribution < -0.4 is 9.64 Å². The van der Waals surface area contributed by atoms with Gasteiger partial charge in [0, 0.05) is 45.7 Å². The van der Waals surface area contributed by atoms with Gasteiger partial charge in [0.05, 0.1) is 6.57 Å². The maximum absolute atomic E-state index is 9.60. The van der Waals surface area contributed by atoms with E-state index in [4.69, 9.17) is 16.0 Å². The Morgan fingerprint density at radius 2 is 1.49 bits per heavy atom. The Morgan fingerprint density at radius 3 is 2.10 bits per heavy atom. The molecule has 0 saturated carbocycles. The molecule has 6 nitrogen and oxygen atoms in total. The molecular formula is C44H42N4O2S. The van der Waals surface area contributed by atoms with E-state index in [1.807, 2.05) is 85.8 Å². The molecule has 7 heteroatoms. The first-order valence-corrected chi connectivity index (χ1v) is 18.2. The molecule has 1 atom stereocenters. The van der Waals surface area contributed by atoms with Gasteiger partial charge in [-0.1, -0.05) is 93.4 Å². The second-order valence-electron chi connectivity index (χ2n) is 12.4. The third-order valence-electron chi connectivity index (χ3n) is 8.83. The largest absolute Gasteiger partial charge is 0.488 e. The van der Waals surface area contributed by atoms with Gasteiger partial charge in [0.15, 0.2) is 11.3 Å². The Kier molecular flexibility index (Phi) is 12.7. The first-order chi connectivity index (χ1) is 24.9. The molecule has 1 aliphatic rings. The molecule has 1 aromatic heterocycles. The van der Waals surface area contributed by atoms with Gasteiger partial charge in [-0.3, -0.25) is 0 Å². The molecule has 2 heterocycles. The van der Waals surface area contributed by atoms with Crippen LogP contribution in [0.5, 0.6) is 5.75 Å². The van der Waals surface area contributed by atoms with E-state index in [0.29, 0.717) is 12.2 Å². The van der Waals surface area contributed by atoms with Gasteiger partial charge in [-0.05, 0) is 73.4 Å². The molecule has 0 fully saturated rings. The van der Waals surface area contributed by atoms with Crippen molar-refractivity contribution >= 4 is 35.3 Å². The number of rotatable bonds is 15. The Balaban J connectivity index is 1.43. The van der Waals surface area contributed by atoms with Gasteiger partial charge in [0.25, 0.3) is 0 Å². The molecule has 5 rings (SSSR count). The van der Waals surface area contributed by atoms with Crippen molar-refractivity contribution < 1.29 is 9.47 Å². The number of benzene rings is 3. The predicted molar refractivity (Wildman–Crippen MR) is 208 cm³/mol. The summed E-state index contributed by atoms with van der Waals surface area (Å²) in [6.07, 6.45) is 12.6. The van der Waals surface area contributed by atoms with Gasteiger partial charge in [-0.2, -0.15) is 10.5 Å². The molecule has 1 aliphatic heterocycles. The maximum Gasteiger partial charge on any atom is 0.237 e. The van der Waals surface area contributed by atoms with E-state index < -0.39 is 5.60 Å². The summed E-state index contributed by atoms with van der Waals surface area (Å²) in [4.78, 5) is 8.25. The summed E-state index contributed by atoms with van der Waals surface area (Å²) in [6.45, 7) is 16.8. The van der Waals surface area contributed by atoms with Gasteiger partial charge in [-0.15, -0.1) is 11.3 Å². The molecule has 1 unspecified atom stereocenters. The van der Waals surface area contributed by atoms with E-state index in [1.54, 1.807) is 11.3 Å². The molecule has 0 bridgehead atoms. The topological polar surface area (TPSA) is 73.6 Å². The summed E-state index contributed by atoms with van der Waals surface area (Å²) in [6, 6.07) is 34.2. The van der Waals surface area contributed by atoms with Gasteiger partial charge in [0.2, 0.25) is 5.70 Å². The molecule has 0 radical (unpaired) electrons. The van der Waals surface area contributed by atoms with Crippen molar-refractivity contribution in [2.45, 2.75) is 58.7 Å². The van der Waals surface area contributed by atoms with Crippen molar-refractivity contribution in [1.82, 2.24) is 0 Å². The normalized spacial score (nSPS) is 15.4. The van der Waals surface area contributed by atoms with Crippen LogP contribution >= 0.6 is 11.3 Å². The monoisotopic (exact) mass is 690 g/mol. The molecule has 0 N–H and O–H groups in total. The van der Waals surface area contributed by atoms with Crippen LogP contribution in [-0.2, 0) is 16.9 Å². The van der Waals surface area contributed by atoms with Gasteiger partial charge < -0.3 is 14.4 Å². The van der Waals surface area contributed by atoms with Crippen LogP contribution in [0.25, 0.3) is 23.1 Å². The predicted octanol–water partition coefficient (Wildman–Crippen LogP) is 11.3. The van der Waals surface area contributed by atoms with E-state index in [-0.39, 0.29) is 17.0 Å². The Morgan fingerprint density at radius 1 is 0.863 bits per heavy atom. The highest BCUT2D eigenvalue weighted by Crippen LogP contribution is 2.48.